The number of nitrogens with one attached hydrogen (secondary N) is 1. The van der Waals surface area contributed by atoms with E-state index in [9.17, 15) is 4.79 Å². The van der Waals surface area contributed by atoms with Crippen LogP contribution < -0.4 is 5.32 Å². The lowest BCUT2D eigenvalue weighted by molar-refractivity contribution is -0.116. The Morgan fingerprint density at radius 3 is 2.88 bits per heavy atom. The second kappa shape index (κ2) is 5.54. The summed E-state index contributed by atoms with van der Waals surface area (Å²) in [5, 5.41) is 7.48. The topological polar surface area (TPSA) is 59.8 Å². The standard InChI is InChI=1S/C21H28N4O/c1-20-9-10-23-19(26)11-14(20)3-4-15-16-5-6-18(25-13-22-12-24-25)21(16,2)8-7-17(15)20/h6,11-13,15-17H,3-5,7-10H2,1-2H3,(H,23,26)/t15-,16-,17?,20-,21-/m0/s1. The summed E-state index contributed by atoms with van der Waals surface area (Å²) in [4.78, 5) is 16.2. The molecule has 5 atom stereocenters. The van der Waals surface area contributed by atoms with Crippen LogP contribution in [0.15, 0.2) is 30.4 Å². The first-order valence-electron chi connectivity index (χ1n) is 10.1. The van der Waals surface area contributed by atoms with Gasteiger partial charge in [0.1, 0.15) is 12.7 Å². The lowest BCUT2D eigenvalue weighted by Crippen LogP contribution is -2.49. The van der Waals surface area contributed by atoms with E-state index < -0.39 is 0 Å². The average molecular weight is 352 g/mol. The Morgan fingerprint density at radius 1 is 1.19 bits per heavy atom. The van der Waals surface area contributed by atoms with E-state index in [4.69, 9.17) is 0 Å². The third-order valence-electron chi connectivity index (χ3n) is 8.19. The molecule has 3 aliphatic carbocycles. The molecule has 0 radical (unpaired) electrons. The van der Waals surface area contributed by atoms with Gasteiger partial charge in [-0.25, -0.2) is 9.67 Å². The largest absolute Gasteiger partial charge is 0.353 e. The molecule has 5 nitrogen and oxygen atoms in total. The van der Waals surface area contributed by atoms with Gasteiger partial charge < -0.3 is 5.32 Å². The van der Waals surface area contributed by atoms with Crippen molar-refractivity contribution in [3.8, 4) is 0 Å². The predicted octanol–water partition coefficient (Wildman–Crippen LogP) is 3.42. The Morgan fingerprint density at radius 2 is 2.08 bits per heavy atom. The van der Waals surface area contributed by atoms with Crippen molar-refractivity contribution in [1.82, 2.24) is 20.1 Å². The molecule has 0 saturated heterocycles. The summed E-state index contributed by atoms with van der Waals surface area (Å²) in [6, 6.07) is 0. The highest BCUT2D eigenvalue weighted by Gasteiger charge is 2.57. The highest BCUT2D eigenvalue weighted by atomic mass is 16.1. The maximum absolute atomic E-state index is 12.0. The van der Waals surface area contributed by atoms with Crippen molar-refractivity contribution in [2.45, 2.75) is 52.4 Å². The molecule has 138 valence electrons. The Hall–Kier alpha value is -1.91. The van der Waals surface area contributed by atoms with Crippen molar-refractivity contribution < 1.29 is 4.79 Å². The van der Waals surface area contributed by atoms with E-state index in [-0.39, 0.29) is 16.7 Å². The summed E-state index contributed by atoms with van der Waals surface area (Å²) >= 11 is 0. The first-order chi connectivity index (χ1) is 12.5. The molecule has 0 bridgehead atoms. The van der Waals surface area contributed by atoms with Crippen LogP contribution in [0, 0.1) is 28.6 Å². The van der Waals surface area contributed by atoms with Crippen molar-refractivity contribution in [3.63, 3.8) is 0 Å². The van der Waals surface area contributed by atoms with E-state index >= 15 is 0 Å². The van der Waals surface area contributed by atoms with Crippen molar-refractivity contribution in [3.05, 3.63) is 30.4 Å². The molecule has 1 aromatic rings. The van der Waals surface area contributed by atoms with Crippen LogP contribution >= 0.6 is 0 Å². The second-order valence-electron chi connectivity index (χ2n) is 9.16. The first kappa shape index (κ1) is 16.3. The first-order valence-corrected chi connectivity index (χ1v) is 10.1. The zero-order valence-electron chi connectivity index (χ0n) is 15.7. The number of hydrogen-bond acceptors (Lipinski definition) is 3. The van der Waals surface area contributed by atoms with Gasteiger partial charge in [0.05, 0.1) is 0 Å². The number of carbonyl (C=O) groups excluding carboxylic acids is 1. The van der Waals surface area contributed by atoms with Crippen LogP contribution in [0.5, 0.6) is 0 Å². The quantitative estimate of drug-likeness (QED) is 0.842. The van der Waals surface area contributed by atoms with E-state index in [1.807, 2.05) is 17.1 Å². The Bertz CT molecular complexity index is 795. The summed E-state index contributed by atoms with van der Waals surface area (Å²) in [6.07, 6.45) is 14.8. The Kier molecular flexibility index (Phi) is 3.47. The van der Waals surface area contributed by atoms with Gasteiger partial charge in [0.15, 0.2) is 0 Å². The minimum absolute atomic E-state index is 0.110. The molecule has 0 aromatic carbocycles. The third kappa shape index (κ3) is 2.12. The SMILES string of the molecule is C[C@]12CCNC(=O)C=C1CC[C@@H]1C2CC[C@]2(C)C(n3cncn3)=CC[C@@H]12. The second-order valence-corrected chi connectivity index (χ2v) is 9.16. The molecular formula is C21H28N4O. The van der Waals surface area contributed by atoms with Crippen LogP contribution in [0.4, 0.5) is 0 Å². The fourth-order valence-electron chi connectivity index (χ4n) is 6.80. The number of carbonyl (C=O) groups is 1. The maximum atomic E-state index is 12.0. The Balaban J connectivity index is 1.48. The van der Waals surface area contributed by atoms with E-state index in [0.717, 1.165) is 31.7 Å². The smallest absolute Gasteiger partial charge is 0.243 e. The van der Waals surface area contributed by atoms with E-state index in [0.29, 0.717) is 11.8 Å². The molecule has 2 saturated carbocycles. The minimum atomic E-state index is 0.110. The van der Waals surface area contributed by atoms with Gasteiger partial charge in [0, 0.05) is 23.7 Å². The van der Waals surface area contributed by atoms with Gasteiger partial charge in [-0.05, 0) is 61.7 Å². The van der Waals surface area contributed by atoms with Crippen molar-refractivity contribution in [1.29, 1.82) is 0 Å². The molecule has 4 aliphatic rings. The monoisotopic (exact) mass is 352 g/mol. The molecule has 2 heterocycles. The average Bonchev–Trinajstić information content (AvgIpc) is 3.20. The lowest BCUT2D eigenvalue weighted by Gasteiger charge is -2.56. The van der Waals surface area contributed by atoms with Gasteiger partial charge in [0.25, 0.3) is 0 Å². The predicted molar refractivity (Wildman–Crippen MR) is 99.8 cm³/mol. The highest BCUT2D eigenvalue weighted by molar-refractivity contribution is 5.88. The molecule has 1 unspecified atom stereocenters. The third-order valence-corrected chi connectivity index (χ3v) is 8.19. The van der Waals surface area contributed by atoms with Gasteiger partial charge in [0.2, 0.25) is 5.91 Å². The maximum Gasteiger partial charge on any atom is 0.243 e. The van der Waals surface area contributed by atoms with Gasteiger partial charge >= 0.3 is 0 Å². The molecule has 26 heavy (non-hydrogen) atoms. The van der Waals surface area contributed by atoms with Crippen LogP contribution in [0.1, 0.15) is 52.4 Å². The summed E-state index contributed by atoms with van der Waals surface area (Å²) in [5.74, 6) is 2.22. The number of aromatic nitrogens is 3. The van der Waals surface area contributed by atoms with Gasteiger partial charge in [-0.1, -0.05) is 25.5 Å². The molecule has 1 amide bonds. The van der Waals surface area contributed by atoms with Crippen LogP contribution in [-0.2, 0) is 4.79 Å². The summed E-state index contributed by atoms with van der Waals surface area (Å²) in [5.41, 5.74) is 3.13. The van der Waals surface area contributed by atoms with Crippen LogP contribution in [-0.4, -0.2) is 27.2 Å². The van der Waals surface area contributed by atoms with Crippen LogP contribution in [0.25, 0.3) is 5.70 Å². The summed E-state index contributed by atoms with van der Waals surface area (Å²) in [6.45, 7) is 5.68. The molecule has 5 rings (SSSR count). The van der Waals surface area contributed by atoms with E-state index in [1.54, 1.807) is 6.33 Å². The van der Waals surface area contributed by atoms with Crippen molar-refractivity contribution >= 4 is 11.6 Å². The zero-order valence-corrected chi connectivity index (χ0v) is 15.7. The van der Waals surface area contributed by atoms with E-state index in [2.05, 4.69) is 35.3 Å². The fraction of sp³-hybridized carbons (Fsp3) is 0.667. The van der Waals surface area contributed by atoms with Gasteiger partial charge in [-0.2, -0.15) is 5.10 Å². The zero-order chi connectivity index (χ0) is 17.9. The molecule has 5 heteroatoms. The molecule has 2 fully saturated rings. The van der Waals surface area contributed by atoms with Crippen molar-refractivity contribution in [2.24, 2.45) is 28.6 Å². The number of rotatable bonds is 1. The lowest BCUT2D eigenvalue weighted by atomic mass is 9.48. The molecular weight excluding hydrogens is 324 g/mol. The molecule has 1 aromatic heterocycles. The molecule has 1 N–H and O–H groups in total. The van der Waals surface area contributed by atoms with Crippen LogP contribution in [0.2, 0.25) is 0 Å². The number of allylic oxidation sites excluding steroid dienone is 3. The van der Waals surface area contributed by atoms with Crippen molar-refractivity contribution in [2.75, 3.05) is 6.54 Å². The van der Waals surface area contributed by atoms with Crippen LogP contribution in [0.3, 0.4) is 0 Å². The van der Waals surface area contributed by atoms with Gasteiger partial charge in [-0.3, -0.25) is 4.79 Å². The fourth-order valence-corrected chi connectivity index (χ4v) is 6.80. The summed E-state index contributed by atoms with van der Waals surface area (Å²) in [7, 11) is 0. The van der Waals surface area contributed by atoms with E-state index in [1.165, 1.54) is 30.5 Å². The number of amides is 1. The summed E-state index contributed by atoms with van der Waals surface area (Å²) < 4.78 is 1.99. The number of fused-ring (bicyclic) bond motifs is 5. The minimum Gasteiger partial charge on any atom is -0.353 e. The Labute approximate surface area is 155 Å². The highest BCUT2D eigenvalue weighted by Crippen LogP contribution is 2.65. The van der Waals surface area contributed by atoms with Gasteiger partial charge in [-0.15, -0.1) is 0 Å². The molecule has 0 spiro atoms. The molecule has 1 aliphatic heterocycles. The normalized spacial score (nSPS) is 41.9. The number of nitrogens with zero attached hydrogens (tertiary/aromatic N) is 3. The number of hydrogen-bond donors (Lipinski definition) is 1.